The van der Waals surface area contributed by atoms with Crippen LogP contribution in [-0.2, 0) is 9.53 Å². The molecule has 1 fully saturated rings. The summed E-state index contributed by atoms with van der Waals surface area (Å²) in [5, 5.41) is 9.34. The second kappa shape index (κ2) is 5.40. The summed E-state index contributed by atoms with van der Waals surface area (Å²) in [7, 11) is 1.42. The molecule has 2 rings (SSSR count). The summed E-state index contributed by atoms with van der Waals surface area (Å²) in [6.07, 6.45) is 1.42. The molecule has 1 saturated heterocycles. The van der Waals surface area contributed by atoms with Crippen molar-refractivity contribution in [2.45, 2.75) is 32.2 Å². The Morgan fingerprint density at radius 3 is 2.60 bits per heavy atom. The molecule has 2 atom stereocenters. The molecule has 2 heterocycles. The van der Waals surface area contributed by atoms with Gasteiger partial charge in [0, 0.05) is 30.2 Å². The van der Waals surface area contributed by atoms with Gasteiger partial charge >= 0.3 is 5.97 Å². The molecule has 5 heteroatoms. The highest BCUT2D eigenvalue weighted by Gasteiger charge is 2.43. The van der Waals surface area contributed by atoms with Crippen molar-refractivity contribution in [1.29, 1.82) is 0 Å². The third kappa shape index (κ3) is 2.93. The summed E-state index contributed by atoms with van der Waals surface area (Å²) < 4.78 is 4.93. The fourth-order valence-electron chi connectivity index (χ4n) is 2.66. The van der Waals surface area contributed by atoms with E-state index in [1.54, 1.807) is 12.1 Å². The van der Waals surface area contributed by atoms with Crippen LogP contribution >= 0.6 is 0 Å². The molecule has 1 aliphatic heterocycles. The molecule has 0 bridgehead atoms. The van der Waals surface area contributed by atoms with Crippen molar-refractivity contribution in [3.05, 3.63) is 24.0 Å². The molecule has 1 N–H and O–H groups in total. The fourth-order valence-corrected chi connectivity index (χ4v) is 2.66. The molecule has 20 heavy (non-hydrogen) atoms. The molecule has 5 nitrogen and oxygen atoms in total. The van der Waals surface area contributed by atoms with Crippen molar-refractivity contribution in [2.24, 2.45) is 5.92 Å². The Balaban J connectivity index is 2.28. The highest BCUT2D eigenvalue weighted by Crippen LogP contribution is 2.36. The van der Waals surface area contributed by atoms with E-state index in [9.17, 15) is 9.90 Å². The number of nitrogens with zero attached hydrogens (tertiary/aromatic N) is 2. The minimum absolute atomic E-state index is 0.00204. The number of esters is 1. The Morgan fingerprint density at radius 1 is 1.40 bits per heavy atom. The number of hydrogen-bond acceptors (Lipinski definition) is 5. The molecule has 0 spiro atoms. The van der Waals surface area contributed by atoms with Gasteiger partial charge in [0.2, 0.25) is 0 Å². The summed E-state index contributed by atoms with van der Waals surface area (Å²) in [5.41, 5.74) is 0.822. The van der Waals surface area contributed by atoms with Crippen LogP contribution in [0.1, 0.15) is 32.4 Å². The van der Waals surface area contributed by atoms with Crippen molar-refractivity contribution in [3.63, 3.8) is 0 Å². The smallest absolute Gasteiger partial charge is 0.310 e. The third-order valence-corrected chi connectivity index (χ3v) is 3.92. The van der Waals surface area contributed by atoms with Gasteiger partial charge in [0.25, 0.3) is 0 Å². The maximum Gasteiger partial charge on any atom is 0.310 e. The molecule has 1 aromatic heterocycles. The van der Waals surface area contributed by atoms with Gasteiger partial charge in [-0.05, 0) is 32.9 Å². The Bertz CT molecular complexity index is 479. The Morgan fingerprint density at radius 2 is 2.10 bits per heavy atom. The number of aromatic nitrogens is 1. The molecule has 0 aromatic carbocycles. The molecule has 0 radical (unpaired) electrons. The normalized spacial score (nSPS) is 23.8. The molecular weight excluding hydrogens is 256 g/mol. The van der Waals surface area contributed by atoms with Crippen LogP contribution in [0.3, 0.4) is 0 Å². The minimum atomic E-state index is -0.212. The van der Waals surface area contributed by atoms with Crippen LogP contribution in [0.4, 0.5) is 0 Å². The number of aromatic hydroxyl groups is 1. The summed E-state index contributed by atoms with van der Waals surface area (Å²) in [6.45, 7) is 7.83. The third-order valence-electron chi connectivity index (χ3n) is 3.92. The fraction of sp³-hybridized carbons (Fsp3) is 0.600. The largest absolute Gasteiger partial charge is 0.506 e. The van der Waals surface area contributed by atoms with E-state index < -0.39 is 0 Å². The van der Waals surface area contributed by atoms with E-state index in [0.29, 0.717) is 6.54 Å². The zero-order valence-corrected chi connectivity index (χ0v) is 12.5. The van der Waals surface area contributed by atoms with E-state index in [-0.39, 0.29) is 29.1 Å². The molecule has 0 amide bonds. The van der Waals surface area contributed by atoms with Gasteiger partial charge in [-0.15, -0.1) is 0 Å². The molecule has 1 aliphatic rings. The van der Waals surface area contributed by atoms with E-state index in [4.69, 9.17) is 4.74 Å². The van der Waals surface area contributed by atoms with Crippen LogP contribution in [0.25, 0.3) is 0 Å². The number of carbonyl (C=O) groups excluding carboxylic acids is 1. The van der Waals surface area contributed by atoms with Gasteiger partial charge in [0.05, 0.1) is 19.2 Å². The van der Waals surface area contributed by atoms with Crippen molar-refractivity contribution < 1.29 is 14.6 Å². The van der Waals surface area contributed by atoms with E-state index in [1.165, 1.54) is 13.3 Å². The van der Waals surface area contributed by atoms with Gasteiger partial charge in [-0.25, -0.2) is 0 Å². The zero-order chi connectivity index (χ0) is 14.9. The van der Waals surface area contributed by atoms with Crippen LogP contribution in [0, 0.1) is 5.92 Å². The van der Waals surface area contributed by atoms with Crippen LogP contribution in [0.2, 0.25) is 0 Å². The standard InChI is InChI=1S/C15H22N2O3/c1-15(2,3)17-8-11(12(9-17)14(19)20-4)13-6-5-10(18)7-16-13/h5-7,11-12,18H,8-9H2,1-4H3/t11-,12-/m1/s1. The minimum Gasteiger partial charge on any atom is -0.506 e. The highest BCUT2D eigenvalue weighted by molar-refractivity contribution is 5.74. The van der Waals surface area contributed by atoms with Crippen LogP contribution in [-0.4, -0.2) is 46.7 Å². The maximum atomic E-state index is 12.0. The van der Waals surface area contributed by atoms with Gasteiger partial charge < -0.3 is 9.84 Å². The van der Waals surface area contributed by atoms with Crippen molar-refractivity contribution in [3.8, 4) is 5.75 Å². The van der Waals surface area contributed by atoms with E-state index in [1.807, 2.05) is 0 Å². The van der Waals surface area contributed by atoms with Gasteiger partial charge in [-0.2, -0.15) is 0 Å². The van der Waals surface area contributed by atoms with Gasteiger partial charge in [-0.1, -0.05) is 0 Å². The lowest BCUT2D eigenvalue weighted by Crippen LogP contribution is -2.40. The van der Waals surface area contributed by atoms with Crippen molar-refractivity contribution in [1.82, 2.24) is 9.88 Å². The summed E-state index contributed by atoms with van der Waals surface area (Å²) in [6, 6.07) is 3.39. The second-order valence-electron chi connectivity index (χ2n) is 6.25. The lowest BCUT2D eigenvalue weighted by atomic mass is 9.92. The first-order chi connectivity index (χ1) is 9.32. The Hall–Kier alpha value is -1.62. The molecule has 110 valence electrons. The number of carbonyl (C=O) groups is 1. The number of pyridine rings is 1. The molecule has 1 aromatic rings. The average molecular weight is 278 g/mol. The quantitative estimate of drug-likeness (QED) is 0.835. The highest BCUT2D eigenvalue weighted by atomic mass is 16.5. The van der Waals surface area contributed by atoms with Crippen LogP contribution < -0.4 is 0 Å². The first-order valence-electron chi connectivity index (χ1n) is 6.80. The number of ether oxygens (including phenoxy) is 1. The van der Waals surface area contributed by atoms with Crippen LogP contribution in [0.15, 0.2) is 18.3 Å². The topological polar surface area (TPSA) is 62.7 Å². The lowest BCUT2D eigenvalue weighted by Gasteiger charge is -2.31. The monoisotopic (exact) mass is 278 g/mol. The Labute approximate surface area is 119 Å². The summed E-state index contributed by atoms with van der Waals surface area (Å²) in [5.74, 6) is -0.274. The van der Waals surface area contributed by atoms with Gasteiger partial charge in [0.15, 0.2) is 0 Å². The lowest BCUT2D eigenvalue weighted by molar-refractivity contribution is -0.145. The average Bonchev–Trinajstić information content (AvgIpc) is 2.83. The molecule has 0 unspecified atom stereocenters. The first kappa shape index (κ1) is 14.8. The number of methoxy groups -OCH3 is 1. The van der Waals surface area contributed by atoms with Gasteiger partial charge in [0.1, 0.15) is 5.75 Å². The molecular formula is C15H22N2O3. The summed E-state index contributed by atoms with van der Waals surface area (Å²) >= 11 is 0. The van der Waals surface area contributed by atoms with Gasteiger partial charge in [-0.3, -0.25) is 14.7 Å². The number of likely N-dealkylation sites (tertiary alicyclic amines) is 1. The van der Waals surface area contributed by atoms with E-state index >= 15 is 0 Å². The predicted molar refractivity (Wildman–Crippen MR) is 75.5 cm³/mol. The van der Waals surface area contributed by atoms with Crippen molar-refractivity contribution in [2.75, 3.05) is 20.2 Å². The molecule has 0 aliphatic carbocycles. The van der Waals surface area contributed by atoms with E-state index in [2.05, 4.69) is 30.7 Å². The number of hydrogen-bond donors (Lipinski definition) is 1. The summed E-state index contributed by atoms with van der Waals surface area (Å²) in [4.78, 5) is 18.5. The van der Waals surface area contributed by atoms with Crippen LogP contribution in [0.5, 0.6) is 5.75 Å². The first-order valence-corrected chi connectivity index (χ1v) is 6.80. The predicted octanol–water partition coefficient (Wildman–Crippen LogP) is 1.77. The second-order valence-corrected chi connectivity index (χ2v) is 6.25. The molecule has 0 saturated carbocycles. The Kier molecular flexibility index (Phi) is 3.99. The van der Waals surface area contributed by atoms with E-state index in [0.717, 1.165) is 12.2 Å². The SMILES string of the molecule is COC(=O)[C@@H]1CN(C(C)(C)C)C[C@H]1c1ccc(O)cn1. The number of rotatable bonds is 2. The zero-order valence-electron chi connectivity index (χ0n) is 12.5. The maximum absolute atomic E-state index is 12.0. The van der Waals surface area contributed by atoms with Crippen molar-refractivity contribution >= 4 is 5.97 Å².